The second-order valence-electron chi connectivity index (χ2n) is 7.87. The van der Waals surface area contributed by atoms with Gasteiger partial charge in [-0.1, -0.05) is 29.8 Å². The van der Waals surface area contributed by atoms with Crippen molar-refractivity contribution in [1.82, 2.24) is 19.3 Å². The summed E-state index contributed by atoms with van der Waals surface area (Å²) in [6.07, 6.45) is 2.37. The van der Waals surface area contributed by atoms with Crippen LogP contribution < -0.4 is 0 Å². The molecule has 0 spiro atoms. The third-order valence-electron chi connectivity index (χ3n) is 5.33. The molecule has 9 heteroatoms. The average Bonchev–Trinajstić information content (AvgIpc) is 3.13. The Hall–Kier alpha value is -2.26. The molecule has 1 aliphatic rings. The first-order valence-electron chi connectivity index (χ1n) is 10.4. The molecule has 1 amide bonds. The summed E-state index contributed by atoms with van der Waals surface area (Å²) >= 11 is 0. The molecule has 0 atom stereocenters. The number of hydrogen-bond donors (Lipinski definition) is 0. The van der Waals surface area contributed by atoms with Crippen molar-refractivity contribution in [3.8, 4) is 0 Å². The molecule has 0 N–H and O–H groups in total. The summed E-state index contributed by atoms with van der Waals surface area (Å²) in [7, 11) is -3.59. The van der Waals surface area contributed by atoms with Crippen LogP contribution in [0.5, 0.6) is 0 Å². The minimum Gasteiger partial charge on any atom is -0.340 e. The van der Waals surface area contributed by atoms with Crippen molar-refractivity contribution in [2.24, 2.45) is 0 Å². The zero-order valence-corrected chi connectivity index (χ0v) is 19.0. The zero-order valence-electron chi connectivity index (χ0n) is 18.1. The molecule has 3 rings (SSSR count). The van der Waals surface area contributed by atoms with E-state index < -0.39 is 10.0 Å². The Morgan fingerprint density at radius 3 is 2.30 bits per heavy atom. The van der Waals surface area contributed by atoms with Gasteiger partial charge in [0.1, 0.15) is 0 Å². The van der Waals surface area contributed by atoms with Gasteiger partial charge in [0, 0.05) is 45.4 Å². The molecule has 164 valence electrons. The number of carbonyl (C=O) groups excluding carboxylic acids is 1. The van der Waals surface area contributed by atoms with Gasteiger partial charge in [0.2, 0.25) is 21.8 Å². The van der Waals surface area contributed by atoms with E-state index in [1.807, 2.05) is 39.8 Å². The first-order valence-corrected chi connectivity index (χ1v) is 11.8. The largest absolute Gasteiger partial charge is 0.340 e. The van der Waals surface area contributed by atoms with Crippen molar-refractivity contribution < 1.29 is 17.7 Å². The van der Waals surface area contributed by atoms with Crippen molar-refractivity contribution >= 4 is 15.9 Å². The van der Waals surface area contributed by atoms with Crippen LogP contribution in [-0.4, -0.2) is 59.8 Å². The SMILES string of the molecule is CCCc1noc(CCC(=O)N2CCN(S(=O)(=O)c3c(C)cc(C)cc3C)CC2)n1. The summed E-state index contributed by atoms with van der Waals surface area (Å²) in [5.74, 6) is 1.11. The smallest absolute Gasteiger partial charge is 0.243 e. The molecule has 1 fully saturated rings. The van der Waals surface area contributed by atoms with Crippen LogP contribution >= 0.6 is 0 Å². The number of aryl methyl sites for hydroxylation is 5. The van der Waals surface area contributed by atoms with Crippen LogP contribution in [0.25, 0.3) is 0 Å². The molecule has 0 bridgehead atoms. The molecule has 2 heterocycles. The molecular formula is C21H30N4O4S. The number of sulfonamides is 1. The monoisotopic (exact) mass is 434 g/mol. The van der Waals surface area contributed by atoms with Gasteiger partial charge in [0.15, 0.2) is 5.82 Å². The van der Waals surface area contributed by atoms with E-state index in [0.29, 0.717) is 49.2 Å². The molecule has 0 radical (unpaired) electrons. The van der Waals surface area contributed by atoms with E-state index in [2.05, 4.69) is 10.1 Å². The Balaban J connectivity index is 1.58. The highest BCUT2D eigenvalue weighted by Crippen LogP contribution is 2.26. The van der Waals surface area contributed by atoms with Gasteiger partial charge in [-0.25, -0.2) is 8.42 Å². The number of nitrogens with zero attached hydrogens (tertiary/aromatic N) is 4. The predicted octanol–water partition coefficient (Wildman–Crippen LogP) is 2.41. The van der Waals surface area contributed by atoms with Gasteiger partial charge < -0.3 is 9.42 Å². The van der Waals surface area contributed by atoms with Gasteiger partial charge in [-0.05, 0) is 38.3 Å². The van der Waals surface area contributed by atoms with Gasteiger partial charge in [-0.3, -0.25) is 4.79 Å². The fourth-order valence-electron chi connectivity index (χ4n) is 3.97. The standard InChI is InChI=1S/C21H30N4O4S/c1-5-6-18-22-19(29-23-18)7-8-20(26)24-9-11-25(12-10-24)30(27,28)21-16(3)13-15(2)14-17(21)4/h13-14H,5-12H2,1-4H3. The quantitative estimate of drug-likeness (QED) is 0.664. The van der Waals surface area contributed by atoms with Crippen LogP contribution in [0.15, 0.2) is 21.6 Å². The number of aromatic nitrogens is 2. The normalized spacial score (nSPS) is 15.5. The highest BCUT2D eigenvalue weighted by atomic mass is 32.2. The van der Waals surface area contributed by atoms with E-state index in [1.54, 1.807) is 4.90 Å². The number of rotatable bonds is 7. The van der Waals surface area contributed by atoms with Crippen molar-refractivity contribution in [3.63, 3.8) is 0 Å². The van der Waals surface area contributed by atoms with Gasteiger partial charge >= 0.3 is 0 Å². The average molecular weight is 435 g/mol. The van der Waals surface area contributed by atoms with E-state index in [4.69, 9.17) is 4.52 Å². The number of hydrogen-bond acceptors (Lipinski definition) is 6. The van der Waals surface area contributed by atoms with E-state index in [-0.39, 0.29) is 12.3 Å². The van der Waals surface area contributed by atoms with Gasteiger partial charge in [-0.15, -0.1) is 0 Å². The Bertz CT molecular complexity index is 985. The molecule has 1 aromatic heterocycles. The number of piperazine rings is 1. The lowest BCUT2D eigenvalue weighted by Gasteiger charge is -2.34. The van der Waals surface area contributed by atoms with Crippen molar-refractivity contribution in [2.75, 3.05) is 26.2 Å². The lowest BCUT2D eigenvalue weighted by Crippen LogP contribution is -2.50. The molecule has 1 aromatic carbocycles. The van der Waals surface area contributed by atoms with Crippen molar-refractivity contribution in [2.45, 2.75) is 58.3 Å². The van der Waals surface area contributed by atoms with E-state index in [1.165, 1.54) is 4.31 Å². The maximum Gasteiger partial charge on any atom is 0.243 e. The van der Waals surface area contributed by atoms with Crippen LogP contribution in [0, 0.1) is 20.8 Å². The highest BCUT2D eigenvalue weighted by Gasteiger charge is 2.32. The van der Waals surface area contributed by atoms with Crippen molar-refractivity contribution in [3.05, 3.63) is 40.5 Å². The van der Waals surface area contributed by atoms with E-state index in [0.717, 1.165) is 29.5 Å². The van der Waals surface area contributed by atoms with Crippen LogP contribution in [0.3, 0.4) is 0 Å². The number of carbonyl (C=O) groups is 1. The lowest BCUT2D eigenvalue weighted by atomic mass is 10.1. The van der Waals surface area contributed by atoms with Crippen LogP contribution in [0.4, 0.5) is 0 Å². The summed E-state index contributed by atoms with van der Waals surface area (Å²) in [4.78, 5) is 18.9. The molecule has 1 saturated heterocycles. The summed E-state index contributed by atoms with van der Waals surface area (Å²) in [6.45, 7) is 9.01. The lowest BCUT2D eigenvalue weighted by molar-refractivity contribution is -0.132. The molecule has 1 aliphatic heterocycles. The summed E-state index contributed by atoms with van der Waals surface area (Å²) in [5.41, 5.74) is 2.56. The first-order chi connectivity index (χ1) is 14.2. The molecule has 2 aromatic rings. The summed E-state index contributed by atoms with van der Waals surface area (Å²) in [5, 5.41) is 3.90. The second-order valence-corrected chi connectivity index (χ2v) is 9.74. The van der Waals surface area contributed by atoms with Gasteiger partial charge in [0.25, 0.3) is 0 Å². The van der Waals surface area contributed by atoms with Gasteiger partial charge in [-0.2, -0.15) is 9.29 Å². The summed E-state index contributed by atoms with van der Waals surface area (Å²) in [6, 6.07) is 3.78. The third kappa shape index (κ3) is 4.89. The van der Waals surface area contributed by atoms with Crippen LogP contribution in [0.2, 0.25) is 0 Å². The number of amides is 1. The molecule has 8 nitrogen and oxygen atoms in total. The maximum atomic E-state index is 13.2. The number of benzene rings is 1. The van der Waals surface area contributed by atoms with E-state index >= 15 is 0 Å². The zero-order chi connectivity index (χ0) is 21.9. The molecular weight excluding hydrogens is 404 g/mol. The molecule has 0 saturated carbocycles. The third-order valence-corrected chi connectivity index (χ3v) is 7.54. The fraction of sp³-hybridized carbons (Fsp3) is 0.571. The first kappa shape index (κ1) is 22.4. The van der Waals surface area contributed by atoms with Crippen molar-refractivity contribution in [1.29, 1.82) is 0 Å². The fourth-order valence-corrected chi connectivity index (χ4v) is 5.80. The minimum absolute atomic E-state index is 0.0232. The van der Waals surface area contributed by atoms with Crippen LogP contribution in [-0.2, 0) is 27.7 Å². The maximum absolute atomic E-state index is 13.2. The second kappa shape index (κ2) is 9.26. The molecule has 30 heavy (non-hydrogen) atoms. The Morgan fingerprint density at radius 2 is 1.70 bits per heavy atom. The molecule has 0 unspecified atom stereocenters. The molecule has 0 aliphatic carbocycles. The highest BCUT2D eigenvalue weighted by molar-refractivity contribution is 7.89. The minimum atomic E-state index is -3.59. The van der Waals surface area contributed by atoms with Gasteiger partial charge in [0.05, 0.1) is 4.90 Å². The predicted molar refractivity (Wildman–Crippen MR) is 113 cm³/mol. The Morgan fingerprint density at radius 1 is 1.07 bits per heavy atom. The van der Waals surface area contributed by atoms with E-state index in [9.17, 15) is 13.2 Å². The summed E-state index contributed by atoms with van der Waals surface area (Å²) < 4.78 is 33.0. The topological polar surface area (TPSA) is 96.6 Å². The Labute approximate surface area is 178 Å². The Kier molecular flexibility index (Phi) is 6.92. The van der Waals surface area contributed by atoms with Crippen LogP contribution in [0.1, 0.15) is 48.2 Å².